The van der Waals surface area contributed by atoms with Crippen molar-refractivity contribution in [2.75, 3.05) is 32.1 Å². The highest BCUT2D eigenvalue weighted by Crippen LogP contribution is 2.19. The molecule has 1 aliphatic rings. The summed E-state index contributed by atoms with van der Waals surface area (Å²) in [5.74, 6) is 2.35. The van der Waals surface area contributed by atoms with Gasteiger partial charge in [0.2, 0.25) is 0 Å². The summed E-state index contributed by atoms with van der Waals surface area (Å²) in [6, 6.07) is 4.28. The van der Waals surface area contributed by atoms with Crippen molar-refractivity contribution in [2.24, 2.45) is 12.0 Å². The van der Waals surface area contributed by atoms with Crippen molar-refractivity contribution in [3.8, 4) is 0 Å². The van der Waals surface area contributed by atoms with Gasteiger partial charge in [-0.1, -0.05) is 19.9 Å². The molecule has 0 spiro atoms. The van der Waals surface area contributed by atoms with Gasteiger partial charge in [-0.15, -0.1) is 0 Å². The molecule has 2 aromatic rings. The molecule has 28 heavy (non-hydrogen) atoms. The van der Waals surface area contributed by atoms with Crippen molar-refractivity contribution in [2.45, 2.75) is 45.7 Å². The minimum absolute atomic E-state index is 0.403. The number of aromatic nitrogens is 3. The SMILES string of the molecule is CN=C(NCc1ccc(N2CCCC2)nc1)N(C)Cc1cn(C)nc1C(C)C. The number of hydrogen-bond donors (Lipinski definition) is 1. The van der Waals surface area contributed by atoms with Gasteiger partial charge in [0.05, 0.1) is 5.69 Å². The molecule has 0 atom stereocenters. The predicted octanol–water partition coefficient (Wildman–Crippen LogP) is 2.75. The Morgan fingerprint density at radius 1 is 1.29 bits per heavy atom. The van der Waals surface area contributed by atoms with Crippen LogP contribution in [-0.4, -0.2) is 52.8 Å². The van der Waals surface area contributed by atoms with Crippen LogP contribution in [0.1, 0.15) is 49.4 Å². The molecule has 7 heteroatoms. The molecular formula is C21H33N7. The largest absolute Gasteiger partial charge is 0.357 e. The van der Waals surface area contributed by atoms with Crippen LogP contribution in [0.25, 0.3) is 0 Å². The Kier molecular flexibility index (Phi) is 6.54. The average molecular weight is 384 g/mol. The van der Waals surface area contributed by atoms with Gasteiger partial charge in [0.15, 0.2) is 5.96 Å². The second-order valence-corrected chi connectivity index (χ2v) is 7.84. The minimum atomic E-state index is 0.403. The molecular weight excluding hydrogens is 350 g/mol. The molecule has 2 aromatic heterocycles. The maximum atomic E-state index is 4.63. The van der Waals surface area contributed by atoms with E-state index in [1.165, 1.54) is 18.4 Å². The molecule has 0 unspecified atom stereocenters. The first-order valence-electron chi connectivity index (χ1n) is 10.1. The molecule has 152 valence electrons. The standard InChI is InChI=1S/C21H33N7/c1-16(2)20-18(15-27(5)25-20)14-26(4)21(22-3)24-13-17-8-9-19(23-12-17)28-10-6-7-11-28/h8-9,12,15-16H,6-7,10-11,13-14H2,1-5H3,(H,22,24). The topological polar surface area (TPSA) is 61.6 Å². The quantitative estimate of drug-likeness (QED) is 0.614. The Balaban J connectivity index is 1.58. The van der Waals surface area contributed by atoms with Gasteiger partial charge in [0.1, 0.15) is 5.82 Å². The summed E-state index contributed by atoms with van der Waals surface area (Å²) in [6.07, 6.45) is 6.60. The highest BCUT2D eigenvalue weighted by molar-refractivity contribution is 5.79. The molecule has 1 fully saturated rings. The Hall–Kier alpha value is -2.57. The molecule has 0 radical (unpaired) electrons. The van der Waals surface area contributed by atoms with Crippen LogP contribution in [0.3, 0.4) is 0 Å². The summed E-state index contributed by atoms with van der Waals surface area (Å²) >= 11 is 0. The van der Waals surface area contributed by atoms with Crippen LogP contribution in [0.4, 0.5) is 5.82 Å². The Morgan fingerprint density at radius 3 is 2.64 bits per heavy atom. The summed E-state index contributed by atoms with van der Waals surface area (Å²) in [5, 5.41) is 8.05. The molecule has 0 saturated carbocycles. The molecule has 1 N–H and O–H groups in total. The lowest BCUT2D eigenvalue weighted by atomic mass is 10.1. The van der Waals surface area contributed by atoms with Crippen LogP contribution in [0, 0.1) is 0 Å². The summed E-state index contributed by atoms with van der Waals surface area (Å²) < 4.78 is 1.89. The first-order chi connectivity index (χ1) is 13.5. The fourth-order valence-electron chi connectivity index (χ4n) is 3.71. The molecule has 0 aromatic carbocycles. The fraction of sp³-hybridized carbons (Fsp3) is 0.571. The van der Waals surface area contributed by atoms with E-state index >= 15 is 0 Å². The lowest BCUT2D eigenvalue weighted by Gasteiger charge is -2.22. The zero-order valence-corrected chi connectivity index (χ0v) is 17.8. The van der Waals surface area contributed by atoms with Crippen LogP contribution in [0.5, 0.6) is 0 Å². The summed E-state index contributed by atoms with van der Waals surface area (Å²) in [7, 11) is 5.85. The molecule has 0 bridgehead atoms. The second-order valence-electron chi connectivity index (χ2n) is 7.84. The van der Waals surface area contributed by atoms with Crippen molar-refractivity contribution in [1.29, 1.82) is 0 Å². The van der Waals surface area contributed by atoms with Gasteiger partial charge < -0.3 is 15.1 Å². The third kappa shape index (κ3) is 4.82. The fourth-order valence-corrected chi connectivity index (χ4v) is 3.71. The maximum absolute atomic E-state index is 4.63. The summed E-state index contributed by atoms with van der Waals surface area (Å²) in [5.41, 5.74) is 3.54. The van der Waals surface area contributed by atoms with E-state index in [1.807, 2.05) is 25.0 Å². The van der Waals surface area contributed by atoms with Crippen LogP contribution in [-0.2, 0) is 20.1 Å². The van der Waals surface area contributed by atoms with E-state index in [4.69, 9.17) is 0 Å². The third-order valence-electron chi connectivity index (χ3n) is 5.15. The number of aliphatic imine (C=N–C) groups is 1. The number of nitrogens with zero attached hydrogens (tertiary/aromatic N) is 6. The van der Waals surface area contributed by atoms with E-state index in [1.54, 1.807) is 0 Å². The van der Waals surface area contributed by atoms with Gasteiger partial charge in [-0.2, -0.15) is 5.10 Å². The third-order valence-corrected chi connectivity index (χ3v) is 5.15. The summed E-state index contributed by atoms with van der Waals surface area (Å²) in [4.78, 5) is 13.6. The molecule has 7 nitrogen and oxygen atoms in total. The van der Waals surface area contributed by atoms with Crippen molar-refractivity contribution < 1.29 is 0 Å². The number of guanidine groups is 1. The normalized spacial score (nSPS) is 14.8. The predicted molar refractivity (Wildman–Crippen MR) is 115 cm³/mol. The lowest BCUT2D eigenvalue weighted by molar-refractivity contribution is 0.473. The van der Waals surface area contributed by atoms with Crippen molar-refractivity contribution >= 4 is 11.8 Å². The molecule has 3 heterocycles. The van der Waals surface area contributed by atoms with Crippen molar-refractivity contribution in [3.05, 3.63) is 41.3 Å². The molecule has 3 rings (SSSR count). The number of rotatable bonds is 6. The zero-order valence-electron chi connectivity index (χ0n) is 17.8. The Labute approximate surface area is 168 Å². The van der Waals surface area contributed by atoms with Gasteiger partial charge in [-0.3, -0.25) is 9.67 Å². The molecule has 1 aliphatic heterocycles. The second kappa shape index (κ2) is 9.08. The van der Waals surface area contributed by atoms with Crippen LogP contribution in [0.15, 0.2) is 29.5 Å². The number of hydrogen-bond acceptors (Lipinski definition) is 4. The first-order valence-corrected chi connectivity index (χ1v) is 10.1. The van der Waals surface area contributed by atoms with Crippen LogP contribution in [0.2, 0.25) is 0 Å². The van der Waals surface area contributed by atoms with Crippen LogP contribution < -0.4 is 10.2 Å². The Morgan fingerprint density at radius 2 is 2.04 bits per heavy atom. The van der Waals surface area contributed by atoms with E-state index < -0.39 is 0 Å². The number of aryl methyl sites for hydroxylation is 1. The smallest absolute Gasteiger partial charge is 0.193 e. The molecule has 0 amide bonds. The number of pyridine rings is 1. The Bertz CT molecular complexity index is 786. The van der Waals surface area contributed by atoms with Gasteiger partial charge in [0.25, 0.3) is 0 Å². The lowest BCUT2D eigenvalue weighted by Crippen LogP contribution is -2.38. The van der Waals surface area contributed by atoms with E-state index in [0.29, 0.717) is 12.5 Å². The van der Waals surface area contributed by atoms with Gasteiger partial charge >= 0.3 is 0 Å². The maximum Gasteiger partial charge on any atom is 0.193 e. The monoisotopic (exact) mass is 383 g/mol. The van der Waals surface area contributed by atoms with Gasteiger partial charge in [-0.25, -0.2) is 4.98 Å². The highest BCUT2D eigenvalue weighted by Gasteiger charge is 2.16. The number of nitrogens with one attached hydrogen (secondary N) is 1. The highest BCUT2D eigenvalue weighted by atomic mass is 15.3. The zero-order chi connectivity index (χ0) is 20.1. The molecule has 0 aliphatic carbocycles. The van der Waals surface area contributed by atoms with E-state index in [0.717, 1.165) is 42.7 Å². The van der Waals surface area contributed by atoms with E-state index in [2.05, 4.69) is 69.4 Å². The number of anilines is 1. The molecule has 1 saturated heterocycles. The average Bonchev–Trinajstić information content (AvgIpc) is 3.33. The van der Waals surface area contributed by atoms with E-state index in [-0.39, 0.29) is 0 Å². The van der Waals surface area contributed by atoms with Gasteiger partial charge in [-0.05, 0) is 30.4 Å². The van der Waals surface area contributed by atoms with Crippen LogP contribution >= 0.6 is 0 Å². The van der Waals surface area contributed by atoms with E-state index in [9.17, 15) is 0 Å². The van der Waals surface area contributed by atoms with Gasteiger partial charge in [0, 0.05) is 65.3 Å². The first kappa shape index (κ1) is 20.2. The minimum Gasteiger partial charge on any atom is -0.357 e. The van der Waals surface area contributed by atoms with Crippen molar-refractivity contribution in [3.63, 3.8) is 0 Å². The summed E-state index contributed by atoms with van der Waals surface area (Å²) in [6.45, 7) is 8.07. The van der Waals surface area contributed by atoms with Crippen molar-refractivity contribution in [1.82, 2.24) is 25.0 Å².